The van der Waals surface area contributed by atoms with Gasteiger partial charge in [0, 0.05) is 17.6 Å². The van der Waals surface area contributed by atoms with Crippen LogP contribution in [-0.4, -0.2) is 14.6 Å². The van der Waals surface area contributed by atoms with Crippen molar-refractivity contribution < 1.29 is 0 Å². The standard InChI is InChI=1S/C13H9Cl2N3/c14-10-5-2-1-4-9(10)8-12-16-13-11(15)6-3-7-18(13)17-12/h1-7H,8H2. The molecule has 0 unspecified atom stereocenters. The molecular formula is C13H9Cl2N3. The van der Waals surface area contributed by atoms with Gasteiger partial charge in [-0.1, -0.05) is 41.4 Å². The summed E-state index contributed by atoms with van der Waals surface area (Å²) in [5.41, 5.74) is 1.67. The van der Waals surface area contributed by atoms with Gasteiger partial charge in [0.25, 0.3) is 0 Å². The second kappa shape index (κ2) is 4.59. The summed E-state index contributed by atoms with van der Waals surface area (Å²) in [5, 5.41) is 5.69. The average molecular weight is 278 g/mol. The van der Waals surface area contributed by atoms with Gasteiger partial charge in [0.2, 0.25) is 0 Å². The van der Waals surface area contributed by atoms with Crippen LogP contribution in [0.3, 0.4) is 0 Å². The van der Waals surface area contributed by atoms with E-state index >= 15 is 0 Å². The van der Waals surface area contributed by atoms with Crippen LogP contribution in [0.4, 0.5) is 0 Å². The summed E-state index contributed by atoms with van der Waals surface area (Å²) >= 11 is 12.2. The Morgan fingerprint density at radius 2 is 1.78 bits per heavy atom. The van der Waals surface area contributed by atoms with Crippen molar-refractivity contribution in [2.24, 2.45) is 0 Å². The number of benzene rings is 1. The predicted molar refractivity (Wildman–Crippen MR) is 72.3 cm³/mol. The number of halogens is 2. The van der Waals surface area contributed by atoms with Crippen LogP contribution in [0.5, 0.6) is 0 Å². The molecule has 0 fully saturated rings. The molecule has 2 heterocycles. The zero-order valence-electron chi connectivity index (χ0n) is 9.35. The summed E-state index contributed by atoms with van der Waals surface area (Å²) < 4.78 is 1.68. The molecule has 0 aliphatic heterocycles. The number of fused-ring (bicyclic) bond motifs is 1. The number of nitrogens with zero attached hydrogens (tertiary/aromatic N) is 3. The Morgan fingerprint density at radius 3 is 2.56 bits per heavy atom. The van der Waals surface area contributed by atoms with E-state index in [0.717, 1.165) is 10.6 Å². The highest BCUT2D eigenvalue weighted by molar-refractivity contribution is 6.33. The predicted octanol–water partition coefficient (Wildman–Crippen LogP) is 3.63. The van der Waals surface area contributed by atoms with Crippen LogP contribution in [0, 0.1) is 0 Å². The Labute approximate surface area is 114 Å². The van der Waals surface area contributed by atoms with Crippen molar-refractivity contribution in [2.45, 2.75) is 6.42 Å². The summed E-state index contributed by atoms with van der Waals surface area (Å²) in [4.78, 5) is 4.41. The van der Waals surface area contributed by atoms with Crippen molar-refractivity contribution in [3.8, 4) is 0 Å². The molecule has 0 aliphatic carbocycles. The van der Waals surface area contributed by atoms with E-state index in [1.165, 1.54) is 0 Å². The lowest BCUT2D eigenvalue weighted by Crippen LogP contribution is -1.92. The number of rotatable bonds is 2. The Balaban J connectivity index is 2.01. The minimum absolute atomic E-state index is 0.593. The fourth-order valence-electron chi connectivity index (χ4n) is 1.80. The molecule has 0 spiro atoms. The molecule has 3 rings (SSSR count). The van der Waals surface area contributed by atoms with Crippen LogP contribution >= 0.6 is 23.2 Å². The number of pyridine rings is 1. The smallest absolute Gasteiger partial charge is 0.174 e. The molecule has 0 amide bonds. The molecule has 2 aromatic heterocycles. The maximum Gasteiger partial charge on any atom is 0.174 e. The first-order valence-corrected chi connectivity index (χ1v) is 6.23. The molecule has 0 aliphatic rings. The topological polar surface area (TPSA) is 30.2 Å². The monoisotopic (exact) mass is 277 g/mol. The first kappa shape index (κ1) is 11.5. The second-order valence-corrected chi connectivity index (χ2v) is 4.73. The van der Waals surface area contributed by atoms with Crippen molar-refractivity contribution in [1.82, 2.24) is 14.6 Å². The third kappa shape index (κ3) is 2.07. The molecule has 0 bridgehead atoms. The summed E-state index contributed by atoms with van der Waals surface area (Å²) in [5.74, 6) is 0.705. The summed E-state index contributed by atoms with van der Waals surface area (Å²) in [6.07, 6.45) is 2.42. The lowest BCUT2D eigenvalue weighted by atomic mass is 10.1. The first-order chi connectivity index (χ1) is 8.74. The van der Waals surface area contributed by atoms with E-state index in [2.05, 4.69) is 10.1 Å². The number of hydrogen-bond acceptors (Lipinski definition) is 2. The Bertz CT molecular complexity index is 706. The zero-order valence-corrected chi connectivity index (χ0v) is 10.9. The van der Waals surface area contributed by atoms with Gasteiger partial charge in [-0.15, -0.1) is 0 Å². The maximum atomic E-state index is 6.12. The van der Waals surface area contributed by atoms with Crippen LogP contribution < -0.4 is 0 Å². The van der Waals surface area contributed by atoms with Gasteiger partial charge in [0.05, 0.1) is 5.02 Å². The van der Waals surface area contributed by atoms with Gasteiger partial charge in [-0.3, -0.25) is 0 Å². The van der Waals surface area contributed by atoms with Crippen molar-refractivity contribution in [1.29, 1.82) is 0 Å². The molecule has 0 atom stereocenters. The summed E-state index contributed by atoms with van der Waals surface area (Å²) in [6, 6.07) is 11.3. The zero-order chi connectivity index (χ0) is 12.5. The normalized spacial score (nSPS) is 11.0. The largest absolute Gasteiger partial charge is 0.219 e. The molecule has 0 saturated carbocycles. The number of hydrogen-bond donors (Lipinski definition) is 0. The van der Waals surface area contributed by atoms with Crippen molar-refractivity contribution >= 4 is 28.8 Å². The molecule has 0 N–H and O–H groups in total. The van der Waals surface area contributed by atoms with E-state index < -0.39 is 0 Å². The number of aromatic nitrogens is 3. The van der Waals surface area contributed by atoms with E-state index in [4.69, 9.17) is 23.2 Å². The van der Waals surface area contributed by atoms with E-state index in [1.54, 1.807) is 10.6 Å². The summed E-state index contributed by atoms with van der Waals surface area (Å²) in [6.45, 7) is 0. The molecule has 0 saturated heterocycles. The Kier molecular flexibility index (Phi) is 2.94. The average Bonchev–Trinajstić information content (AvgIpc) is 2.76. The van der Waals surface area contributed by atoms with Crippen LogP contribution in [0.2, 0.25) is 10.0 Å². The van der Waals surface area contributed by atoms with Gasteiger partial charge in [-0.2, -0.15) is 5.10 Å². The third-order valence-corrected chi connectivity index (χ3v) is 3.33. The highest BCUT2D eigenvalue weighted by atomic mass is 35.5. The molecule has 0 radical (unpaired) electrons. The van der Waals surface area contributed by atoms with Gasteiger partial charge in [-0.05, 0) is 23.8 Å². The molecule has 3 aromatic rings. The van der Waals surface area contributed by atoms with Gasteiger partial charge in [0.1, 0.15) is 0 Å². The maximum absolute atomic E-state index is 6.12. The van der Waals surface area contributed by atoms with E-state index in [1.807, 2.05) is 36.5 Å². The molecule has 3 nitrogen and oxygen atoms in total. The van der Waals surface area contributed by atoms with Crippen molar-refractivity contribution in [2.75, 3.05) is 0 Å². The minimum Gasteiger partial charge on any atom is -0.219 e. The van der Waals surface area contributed by atoms with Crippen molar-refractivity contribution in [3.63, 3.8) is 0 Å². The van der Waals surface area contributed by atoms with Gasteiger partial charge in [0.15, 0.2) is 11.5 Å². The SMILES string of the molecule is Clc1ccccc1Cc1nc2c(Cl)cccn2n1. The van der Waals surface area contributed by atoms with Crippen LogP contribution in [0.25, 0.3) is 5.65 Å². The van der Waals surface area contributed by atoms with Gasteiger partial charge in [-0.25, -0.2) is 9.50 Å². The van der Waals surface area contributed by atoms with Gasteiger partial charge >= 0.3 is 0 Å². The highest BCUT2D eigenvalue weighted by Crippen LogP contribution is 2.19. The van der Waals surface area contributed by atoms with Crippen LogP contribution in [-0.2, 0) is 6.42 Å². The summed E-state index contributed by atoms with van der Waals surface area (Å²) in [7, 11) is 0. The molecule has 1 aromatic carbocycles. The Hall–Kier alpha value is -1.58. The molecule has 90 valence electrons. The van der Waals surface area contributed by atoms with Crippen LogP contribution in [0.1, 0.15) is 11.4 Å². The van der Waals surface area contributed by atoms with Crippen molar-refractivity contribution in [3.05, 3.63) is 64.0 Å². The van der Waals surface area contributed by atoms with Crippen LogP contribution in [0.15, 0.2) is 42.6 Å². The molecule has 5 heteroatoms. The third-order valence-electron chi connectivity index (χ3n) is 2.66. The first-order valence-electron chi connectivity index (χ1n) is 5.47. The van der Waals surface area contributed by atoms with E-state index in [0.29, 0.717) is 22.9 Å². The minimum atomic E-state index is 0.593. The molecular weight excluding hydrogens is 269 g/mol. The molecule has 18 heavy (non-hydrogen) atoms. The fraction of sp³-hybridized carbons (Fsp3) is 0.0769. The van der Waals surface area contributed by atoms with E-state index in [9.17, 15) is 0 Å². The quantitative estimate of drug-likeness (QED) is 0.716. The van der Waals surface area contributed by atoms with E-state index in [-0.39, 0.29) is 0 Å². The lowest BCUT2D eigenvalue weighted by molar-refractivity contribution is 0.900. The lowest BCUT2D eigenvalue weighted by Gasteiger charge is -1.99. The fourth-order valence-corrected chi connectivity index (χ4v) is 2.21. The van der Waals surface area contributed by atoms with Gasteiger partial charge < -0.3 is 0 Å². The Morgan fingerprint density at radius 1 is 1.00 bits per heavy atom. The second-order valence-electron chi connectivity index (χ2n) is 3.92. The highest BCUT2D eigenvalue weighted by Gasteiger charge is 2.08.